The molecule has 96 valence electrons. The summed E-state index contributed by atoms with van der Waals surface area (Å²) >= 11 is 0. The van der Waals surface area contributed by atoms with Crippen LogP contribution in [0, 0.1) is 6.92 Å². The molecule has 0 unspecified atom stereocenters. The van der Waals surface area contributed by atoms with E-state index in [0.29, 0.717) is 0 Å². The Kier molecular flexibility index (Phi) is 3.25. The van der Waals surface area contributed by atoms with Gasteiger partial charge in [0.1, 0.15) is 0 Å². The normalized spacial score (nSPS) is 11.0. The Bertz CT molecular complexity index is 682. The van der Waals surface area contributed by atoms with E-state index in [4.69, 9.17) is 0 Å². The molecule has 0 saturated carbocycles. The van der Waals surface area contributed by atoms with E-state index >= 15 is 0 Å². The predicted molar refractivity (Wildman–Crippen MR) is 75.6 cm³/mol. The molecule has 4 nitrogen and oxygen atoms in total. The van der Waals surface area contributed by atoms with Gasteiger partial charge in [0.2, 0.25) is 0 Å². The van der Waals surface area contributed by atoms with Crippen LogP contribution in [0.15, 0.2) is 42.9 Å². The summed E-state index contributed by atoms with van der Waals surface area (Å²) in [6.07, 6.45) is 5.61. The quantitative estimate of drug-likeness (QED) is 0.750. The number of pyridine rings is 1. The number of hydrogen-bond donors (Lipinski definition) is 2. The largest absolute Gasteiger partial charge is 0.308 e. The Morgan fingerprint density at radius 2 is 2.00 bits per heavy atom. The van der Waals surface area contributed by atoms with Crippen LogP contribution in [-0.4, -0.2) is 15.2 Å². The Morgan fingerprint density at radius 1 is 1.11 bits per heavy atom. The van der Waals surface area contributed by atoms with E-state index in [1.165, 1.54) is 21.9 Å². The molecule has 4 heteroatoms. The van der Waals surface area contributed by atoms with Crippen molar-refractivity contribution in [2.75, 3.05) is 0 Å². The number of aromatic nitrogens is 3. The van der Waals surface area contributed by atoms with Crippen LogP contribution < -0.4 is 5.32 Å². The second-order valence-corrected chi connectivity index (χ2v) is 4.64. The van der Waals surface area contributed by atoms with Gasteiger partial charge in [-0.3, -0.25) is 10.1 Å². The van der Waals surface area contributed by atoms with Gasteiger partial charge in [-0.15, -0.1) is 0 Å². The van der Waals surface area contributed by atoms with E-state index in [1.807, 2.05) is 25.5 Å². The zero-order chi connectivity index (χ0) is 13.1. The summed E-state index contributed by atoms with van der Waals surface area (Å²) in [7, 11) is 0. The number of aromatic amines is 1. The van der Waals surface area contributed by atoms with Gasteiger partial charge in [-0.05, 0) is 23.9 Å². The highest BCUT2D eigenvalue weighted by atomic mass is 15.1. The average molecular weight is 252 g/mol. The fraction of sp³-hybridized carbons (Fsp3) is 0.200. The first-order chi connectivity index (χ1) is 9.34. The van der Waals surface area contributed by atoms with Crippen molar-refractivity contribution in [3.05, 3.63) is 59.7 Å². The molecule has 3 aromatic rings. The number of fused-ring (bicyclic) bond motifs is 1. The molecular weight excluding hydrogens is 236 g/mol. The van der Waals surface area contributed by atoms with E-state index in [-0.39, 0.29) is 0 Å². The average Bonchev–Trinajstić information content (AvgIpc) is 2.85. The number of rotatable bonds is 4. The van der Waals surface area contributed by atoms with E-state index in [1.54, 1.807) is 0 Å². The molecule has 0 aliphatic carbocycles. The molecular formula is C15H16N4. The highest BCUT2D eigenvalue weighted by Crippen LogP contribution is 2.17. The van der Waals surface area contributed by atoms with Crippen LogP contribution in [0.1, 0.15) is 16.8 Å². The molecule has 0 radical (unpaired) electrons. The van der Waals surface area contributed by atoms with Crippen LogP contribution in [0.5, 0.6) is 0 Å². The van der Waals surface area contributed by atoms with Gasteiger partial charge in [-0.2, -0.15) is 5.10 Å². The Balaban J connectivity index is 1.74. The summed E-state index contributed by atoms with van der Waals surface area (Å²) in [5.41, 5.74) is 3.62. The lowest BCUT2D eigenvalue weighted by Crippen LogP contribution is -2.13. The standard InChI is InChI=1S/C15H16N4/c1-11-14(10-18-19-11)9-17-8-13-4-2-3-12-7-16-6-5-15(12)13/h2-7,10,17H,8-9H2,1H3,(H,18,19). The second kappa shape index (κ2) is 5.20. The molecule has 0 fully saturated rings. The van der Waals surface area contributed by atoms with Gasteiger partial charge in [-0.1, -0.05) is 18.2 Å². The van der Waals surface area contributed by atoms with Crippen molar-refractivity contribution in [2.24, 2.45) is 0 Å². The van der Waals surface area contributed by atoms with Gasteiger partial charge in [0.05, 0.1) is 6.20 Å². The van der Waals surface area contributed by atoms with Gasteiger partial charge in [0.25, 0.3) is 0 Å². The van der Waals surface area contributed by atoms with Gasteiger partial charge in [0, 0.05) is 42.1 Å². The maximum absolute atomic E-state index is 4.15. The molecule has 2 N–H and O–H groups in total. The fourth-order valence-electron chi connectivity index (χ4n) is 2.23. The third-order valence-corrected chi connectivity index (χ3v) is 3.34. The Labute approximate surface area is 111 Å². The zero-order valence-corrected chi connectivity index (χ0v) is 10.9. The molecule has 19 heavy (non-hydrogen) atoms. The lowest BCUT2D eigenvalue weighted by atomic mass is 10.1. The lowest BCUT2D eigenvalue weighted by Gasteiger charge is -2.07. The lowest BCUT2D eigenvalue weighted by molar-refractivity contribution is 0.694. The minimum absolute atomic E-state index is 0.823. The number of hydrogen-bond acceptors (Lipinski definition) is 3. The van der Waals surface area contributed by atoms with Crippen LogP contribution in [0.2, 0.25) is 0 Å². The molecule has 2 aromatic heterocycles. The van der Waals surface area contributed by atoms with Crippen molar-refractivity contribution in [3.63, 3.8) is 0 Å². The number of benzene rings is 1. The number of nitrogens with one attached hydrogen (secondary N) is 2. The summed E-state index contributed by atoms with van der Waals surface area (Å²) in [6.45, 7) is 3.70. The first-order valence-electron chi connectivity index (χ1n) is 6.36. The minimum Gasteiger partial charge on any atom is -0.308 e. The van der Waals surface area contributed by atoms with E-state index in [0.717, 1.165) is 18.8 Å². The van der Waals surface area contributed by atoms with Crippen molar-refractivity contribution >= 4 is 10.8 Å². The molecule has 0 saturated heterocycles. The molecule has 0 spiro atoms. The molecule has 1 aromatic carbocycles. The SMILES string of the molecule is Cc1[nH]ncc1CNCc1cccc2cnccc12. The number of H-pyrrole nitrogens is 1. The zero-order valence-electron chi connectivity index (χ0n) is 10.9. The van der Waals surface area contributed by atoms with Crippen LogP contribution >= 0.6 is 0 Å². The van der Waals surface area contributed by atoms with Crippen LogP contribution in [-0.2, 0) is 13.1 Å². The van der Waals surface area contributed by atoms with Gasteiger partial charge < -0.3 is 5.32 Å². The van der Waals surface area contributed by atoms with Crippen LogP contribution in [0.4, 0.5) is 0 Å². The summed E-state index contributed by atoms with van der Waals surface area (Å²) in [4.78, 5) is 4.15. The first-order valence-corrected chi connectivity index (χ1v) is 6.36. The maximum Gasteiger partial charge on any atom is 0.0535 e. The van der Waals surface area contributed by atoms with Gasteiger partial charge >= 0.3 is 0 Å². The first kappa shape index (κ1) is 11.9. The summed E-state index contributed by atoms with van der Waals surface area (Å²) in [5.74, 6) is 0. The smallest absolute Gasteiger partial charge is 0.0535 e. The van der Waals surface area contributed by atoms with E-state index < -0.39 is 0 Å². The highest BCUT2D eigenvalue weighted by Gasteiger charge is 2.02. The molecule has 2 heterocycles. The predicted octanol–water partition coefficient (Wildman–Crippen LogP) is 2.56. The summed E-state index contributed by atoms with van der Waals surface area (Å²) < 4.78 is 0. The molecule has 0 bridgehead atoms. The van der Waals surface area contributed by atoms with Crippen molar-refractivity contribution < 1.29 is 0 Å². The number of aryl methyl sites for hydroxylation is 1. The number of nitrogens with zero attached hydrogens (tertiary/aromatic N) is 2. The monoisotopic (exact) mass is 252 g/mol. The van der Waals surface area contributed by atoms with Gasteiger partial charge in [-0.25, -0.2) is 0 Å². The van der Waals surface area contributed by atoms with Crippen molar-refractivity contribution in [3.8, 4) is 0 Å². The van der Waals surface area contributed by atoms with E-state index in [9.17, 15) is 0 Å². The molecule has 0 atom stereocenters. The topological polar surface area (TPSA) is 53.6 Å². The second-order valence-electron chi connectivity index (χ2n) is 4.64. The maximum atomic E-state index is 4.15. The highest BCUT2D eigenvalue weighted by molar-refractivity contribution is 5.84. The molecule has 3 rings (SSSR count). The molecule has 0 aliphatic heterocycles. The third kappa shape index (κ3) is 2.48. The van der Waals surface area contributed by atoms with Crippen molar-refractivity contribution in [1.29, 1.82) is 0 Å². The molecule has 0 aliphatic rings. The van der Waals surface area contributed by atoms with Crippen molar-refractivity contribution in [2.45, 2.75) is 20.0 Å². The summed E-state index contributed by atoms with van der Waals surface area (Å²) in [6, 6.07) is 8.38. The van der Waals surface area contributed by atoms with Crippen LogP contribution in [0.3, 0.4) is 0 Å². The molecule has 0 amide bonds. The minimum atomic E-state index is 0.823. The Hall–Kier alpha value is -2.20. The Morgan fingerprint density at radius 3 is 2.84 bits per heavy atom. The van der Waals surface area contributed by atoms with Crippen molar-refractivity contribution in [1.82, 2.24) is 20.5 Å². The van der Waals surface area contributed by atoms with E-state index in [2.05, 4.69) is 44.8 Å². The summed E-state index contributed by atoms with van der Waals surface area (Å²) in [5, 5.41) is 12.9. The van der Waals surface area contributed by atoms with Gasteiger partial charge in [0.15, 0.2) is 0 Å². The fourth-order valence-corrected chi connectivity index (χ4v) is 2.23. The third-order valence-electron chi connectivity index (χ3n) is 3.34. The van der Waals surface area contributed by atoms with Crippen LogP contribution in [0.25, 0.3) is 10.8 Å².